The Balaban J connectivity index is 0.000000720. The quantitative estimate of drug-likeness (QED) is 0.552. The Morgan fingerprint density at radius 2 is 1.83 bits per heavy atom. The van der Waals surface area contributed by atoms with Crippen LogP contribution >= 0.6 is 0 Å². The molecule has 1 atom stereocenters. The number of para-hydroxylation sites is 1. The second kappa shape index (κ2) is 4.08. The maximum atomic E-state index is 3.83. The monoisotopic (exact) mass is 226 g/mol. The fraction of sp³-hybridized carbons (Fsp3) is 0. The summed E-state index contributed by atoms with van der Waals surface area (Å²) in [6.07, 6.45) is 1.65. The average molecular weight is 227 g/mol. The Hall–Kier alpha value is -1.07. The highest BCUT2D eigenvalue weighted by atomic mass is 79.9. The summed E-state index contributed by atoms with van der Waals surface area (Å²) in [6, 6.07) is 9.85. The van der Waals surface area contributed by atoms with E-state index in [4.69, 9.17) is 0 Å². The molecule has 2 rings (SSSR count). The first kappa shape index (κ1) is 9.02. The lowest BCUT2D eigenvalue weighted by Gasteiger charge is -1.97. The minimum absolute atomic E-state index is 0. The summed E-state index contributed by atoms with van der Waals surface area (Å²) in [5.74, 6) is 0. The lowest BCUT2D eigenvalue weighted by molar-refractivity contribution is -0.732. The van der Waals surface area contributed by atoms with E-state index in [0.29, 0.717) is 0 Å². The van der Waals surface area contributed by atoms with Crippen molar-refractivity contribution in [3.63, 3.8) is 0 Å². The van der Waals surface area contributed by atoms with Gasteiger partial charge in [-0.3, -0.25) is 0 Å². The number of nitrogens with one attached hydrogen (secondary N) is 1. The van der Waals surface area contributed by atoms with Gasteiger partial charge in [-0.1, -0.05) is 23.3 Å². The van der Waals surface area contributed by atoms with Crippen LogP contribution in [0.3, 0.4) is 0 Å². The maximum absolute atomic E-state index is 3.83. The van der Waals surface area contributed by atoms with Gasteiger partial charge in [0.1, 0.15) is 0 Å². The Morgan fingerprint density at radius 3 is 2.42 bits per heavy atom. The lowest BCUT2D eigenvalue weighted by atomic mass is 10.3. The smallest absolute Gasteiger partial charge is 0.243 e. The number of hydrogen-bond donors (Lipinski definition) is 1. The van der Waals surface area contributed by atoms with Crippen LogP contribution in [0.1, 0.15) is 0 Å². The van der Waals surface area contributed by atoms with E-state index in [-0.39, 0.29) is 17.0 Å². The van der Waals surface area contributed by atoms with Crippen LogP contribution < -0.4 is 22.0 Å². The van der Waals surface area contributed by atoms with Crippen molar-refractivity contribution in [2.45, 2.75) is 0 Å². The van der Waals surface area contributed by atoms with E-state index in [9.17, 15) is 0 Å². The lowest BCUT2D eigenvalue weighted by Crippen LogP contribution is -3.00. The van der Waals surface area contributed by atoms with Crippen LogP contribution in [0.5, 0.6) is 0 Å². The van der Waals surface area contributed by atoms with E-state index < -0.39 is 0 Å². The molecule has 1 aliphatic heterocycles. The molecule has 0 radical (unpaired) electrons. The second-order valence-corrected chi connectivity index (χ2v) is 2.19. The summed E-state index contributed by atoms with van der Waals surface area (Å²) in [7, 11) is 0. The Morgan fingerprint density at radius 1 is 1.08 bits per heavy atom. The van der Waals surface area contributed by atoms with E-state index in [1.165, 1.54) is 0 Å². The zero-order valence-electron chi connectivity index (χ0n) is 6.18. The molecule has 12 heavy (non-hydrogen) atoms. The van der Waals surface area contributed by atoms with Gasteiger partial charge in [-0.25, -0.2) is 0 Å². The maximum Gasteiger partial charge on any atom is 0.243 e. The molecule has 0 aliphatic carbocycles. The first-order valence-electron chi connectivity index (χ1n) is 3.33. The minimum Gasteiger partial charge on any atom is -1.00 e. The van der Waals surface area contributed by atoms with Gasteiger partial charge < -0.3 is 17.0 Å². The molecule has 4 nitrogen and oxygen atoms in total. The van der Waals surface area contributed by atoms with Gasteiger partial charge in [0.05, 0.1) is 5.22 Å². The molecule has 0 bridgehead atoms. The number of benzene rings is 1. The van der Waals surface area contributed by atoms with Crippen molar-refractivity contribution >= 4 is 12.0 Å². The molecule has 0 aromatic heterocycles. The van der Waals surface area contributed by atoms with Crippen LogP contribution in [-0.4, -0.2) is 6.34 Å². The highest BCUT2D eigenvalue weighted by molar-refractivity contribution is 5.49. The number of nitrogens with zero attached hydrogens (tertiary/aromatic N) is 3. The minimum atomic E-state index is 0. The number of halogens is 1. The molecule has 5 heteroatoms. The first-order valence-corrected chi connectivity index (χ1v) is 3.33. The van der Waals surface area contributed by atoms with E-state index >= 15 is 0 Å². The number of hydrogen-bond acceptors (Lipinski definition) is 3. The van der Waals surface area contributed by atoms with Crippen LogP contribution in [0.25, 0.3) is 0 Å². The predicted octanol–water partition coefficient (Wildman–Crippen LogP) is -2.47. The average Bonchev–Trinajstić information content (AvgIpc) is 2.58. The molecule has 0 saturated carbocycles. The molecular formula is C7H7BrN4. The predicted molar refractivity (Wildman–Crippen MR) is 40.4 cm³/mol. The molecule has 0 amide bonds. The van der Waals surface area contributed by atoms with Gasteiger partial charge in [0, 0.05) is 17.4 Å². The highest BCUT2D eigenvalue weighted by Crippen LogP contribution is 1.98. The first-order chi connectivity index (χ1) is 5.47. The SMILES string of the molecule is C1=NN=N[NH+]1c1ccccc1.[Br-]. The summed E-state index contributed by atoms with van der Waals surface area (Å²) in [5.41, 5.74) is 1.05. The molecular weight excluding hydrogens is 220 g/mol. The topological polar surface area (TPSA) is 41.5 Å². The molecule has 1 aliphatic rings. The summed E-state index contributed by atoms with van der Waals surface area (Å²) >= 11 is 0. The van der Waals surface area contributed by atoms with Crippen molar-refractivity contribution in [1.82, 2.24) is 0 Å². The van der Waals surface area contributed by atoms with Gasteiger partial charge >= 0.3 is 0 Å². The van der Waals surface area contributed by atoms with E-state index in [2.05, 4.69) is 15.5 Å². The third-order valence-corrected chi connectivity index (χ3v) is 1.45. The molecule has 1 N–H and O–H groups in total. The van der Waals surface area contributed by atoms with Gasteiger partial charge in [-0.15, -0.1) is 5.01 Å². The summed E-state index contributed by atoms with van der Waals surface area (Å²) in [4.78, 5) is 0. The molecule has 62 valence electrons. The molecule has 1 unspecified atom stereocenters. The zero-order valence-corrected chi connectivity index (χ0v) is 7.77. The largest absolute Gasteiger partial charge is 1.00 e. The number of rotatable bonds is 1. The molecule has 1 heterocycles. The normalized spacial score (nSPS) is 19.2. The van der Waals surface area contributed by atoms with Crippen molar-refractivity contribution in [2.24, 2.45) is 15.5 Å². The van der Waals surface area contributed by atoms with Gasteiger partial charge in [0.15, 0.2) is 5.69 Å². The van der Waals surface area contributed by atoms with Gasteiger partial charge in [-0.05, 0) is 0 Å². The fourth-order valence-electron chi connectivity index (χ4n) is 0.922. The van der Waals surface area contributed by atoms with Crippen LogP contribution in [0.2, 0.25) is 0 Å². The molecule has 0 saturated heterocycles. The van der Waals surface area contributed by atoms with Crippen molar-refractivity contribution in [3.8, 4) is 0 Å². The van der Waals surface area contributed by atoms with Crippen molar-refractivity contribution in [3.05, 3.63) is 30.3 Å². The van der Waals surface area contributed by atoms with Crippen molar-refractivity contribution in [2.75, 3.05) is 0 Å². The Kier molecular flexibility index (Phi) is 3.07. The Labute approximate surface area is 80.3 Å². The zero-order chi connectivity index (χ0) is 7.52. The third kappa shape index (κ3) is 1.75. The Bertz CT molecular complexity index is 284. The summed E-state index contributed by atoms with van der Waals surface area (Å²) < 4.78 is 0. The highest BCUT2D eigenvalue weighted by Gasteiger charge is 2.11. The van der Waals surface area contributed by atoms with E-state index in [0.717, 1.165) is 10.7 Å². The molecule has 0 spiro atoms. The standard InChI is InChI=1S/C7H6N4.BrH/c1-2-4-7(5-3-1)11-6-8-9-10-11;/h1-6H;1H. The van der Waals surface area contributed by atoms with Gasteiger partial charge in [-0.2, -0.15) is 0 Å². The van der Waals surface area contributed by atoms with Gasteiger partial charge in [0.2, 0.25) is 6.34 Å². The third-order valence-electron chi connectivity index (χ3n) is 1.45. The van der Waals surface area contributed by atoms with Crippen LogP contribution in [0.15, 0.2) is 45.9 Å². The molecule has 1 aromatic carbocycles. The number of quaternary nitrogens is 1. The second-order valence-electron chi connectivity index (χ2n) is 2.19. The van der Waals surface area contributed by atoms with E-state index in [1.807, 2.05) is 30.3 Å². The fourth-order valence-corrected chi connectivity index (χ4v) is 0.922. The van der Waals surface area contributed by atoms with E-state index in [1.54, 1.807) is 6.34 Å². The van der Waals surface area contributed by atoms with Crippen LogP contribution in [0, 0.1) is 0 Å². The molecule has 1 aromatic rings. The van der Waals surface area contributed by atoms with Crippen molar-refractivity contribution in [1.29, 1.82) is 0 Å². The molecule has 0 fully saturated rings. The summed E-state index contributed by atoms with van der Waals surface area (Å²) in [6.45, 7) is 0. The van der Waals surface area contributed by atoms with Crippen molar-refractivity contribution < 1.29 is 22.0 Å². The van der Waals surface area contributed by atoms with Crippen LogP contribution in [-0.2, 0) is 0 Å². The summed E-state index contributed by atoms with van der Waals surface area (Å²) in [5, 5.41) is 11.8. The van der Waals surface area contributed by atoms with Crippen LogP contribution in [0.4, 0.5) is 5.69 Å². The van der Waals surface area contributed by atoms with Gasteiger partial charge in [0.25, 0.3) is 0 Å².